The lowest BCUT2D eigenvalue weighted by atomic mass is 9.80. The van der Waals surface area contributed by atoms with Crippen molar-refractivity contribution in [2.45, 2.75) is 6.36 Å². The molecule has 2 rings (SSSR count). The maximum absolute atomic E-state index is 12.3. The normalized spacial score (nSPS) is 11.1. The minimum absolute atomic E-state index is 0.105. The Labute approximate surface area is 118 Å². The van der Waals surface area contributed by atoms with E-state index in [1.807, 2.05) is 0 Å². The molecule has 0 fully saturated rings. The Balaban J connectivity index is 2.19. The third-order valence-electron chi connectivity index (χ3n) is 2.48. The van der Waals surface area contributed by atoms with Crippen LogP contribution in [0.15, 0.2) is 48.5 Å². The summed E-state index contributed by atoms with van der Waals surface area (Å²) in [6.45, 7) is 0. The van der Waals surface area contributed by atoms with Gasteiger partial charge < -0.3 is 19.5 Å². The molecule has 0 atom stereocenters. The van der Waals surface area contributed by atoms with Crippen molar-refractivity contribution in [1.82, 2.24) is 0 Å². The van der Waals surface area contributed by atoms with Crippen molar-refractivity contribution in [3.63, 3.8) is 0 Å². The third kappa shape index (κ3) is 4.40. The highest BCUT2D eigenvalue weighted by atomic mass is 19.4. The van der Waals surface area contributed by atoms with E-state index in [4.69, 9.17) is 14.8 Å². The van der Waals surface area contributed by atoms with Gasteiger partial charge in [0.25, 0.3) is 0 Å². The van der Waals surface area contributed by atoms with Gasteiger partial charge in [-0.2, -0.15) is 0 Å². The van der Waals surface area contributed by atoms with Crippen LogP contribution < -0.4 is 14.9 Å². The van der Waals surface area contributed by atoms with Crippen LogP contribution in [0.1, 0.15) is 0 Å². The first kappa shape index (κ1) is 15.2. The third-order valence-corrected chi connectivity index (χ3v) is 2.48. The second kappa shape index (κ2) is 6.07. The van der Waals surface area contributed by atoms with Gasteiger partial charge in [0.2, 0.25) is 0 Å². The maximum Gasteiger partial charge on any atom is 0.573 e. The molecule has 0 radical (unpaired) electrons. The standard InChI is InChI=1S/C13H10BF3O4/c15-13(16,17)21-12-4-2-1-3-11(12)20-10-7-5-9(6-8-10)14(18)19/h1-8,18-19H. The minimum atomic E-state index is -4.82. The van der Waals surface area contributed by atoms with Crippen LogP contribution >= 0.6 is 0 Å². The second-order valence-electron chi connectivity index (χ2n) is 4.04. The van der Waals surface area contributed by atoms with E-state index in [-0.39, 0.29) is 17.0 Å². The van der Waals surface area contributed by atoms with Gasteiger partial charge in [0.15, 0.2) is 11.5 Å². The average molecular weight is 298 g/mol. The van der Waals surface area contributed by atoms with Gasteiger partial charge in [-0.15, -0.1) is 13.2 Å². The van der Waals surface area contributed by atoms with Crippen LogP contribution in [0, 0.1) is 0 Å². The molecule has 0 heterocycles. The van der Waals surface area contributed by atoms with Gasteiger partial charge in [0.1, 0.15) is 5.75 Å². The summed E-state index contributed by atoms with van der Waals surface area (Å²) in [4.78, 5) is 0. The van der Waals surface area contributed by atoms with Crippen LogP contribution in [0.2, 0.25) is 0 Å². The Morgan fingerprint density at radius 3 is 1.95 bits per heavy atom. The summed E-state index contributed by atoms with van der Waals surface area (Å²) in [5.41, 5.74) is 0.238. The maximum atomic E-state index is 12.3. The zero-order chi connectivity index (χ0) is 15.5. The summed E-state index contributed by atoms with van der Waals surface area (Å²) in [6.07, 6.45) is -4.82. The van der Waals surface area contributed by atoms with E-state index in [0.29, 0.717) is 0 Å². The van der Waals surface area contributed by atoms with Crippen LogP contribution in [0.5, 0.6) is 17.2 Å². The van der Waals surface area contributed by atoms with Crippen molar-refractivity contribution < 1.29 is 32.7 Å². The molecular weight excluding hydrogens is 288 g/mol. The highest BCUT2D eigenvalue weighted by Gasteiger charge is 2.32. The minimum Gasteiger partial charge on any atom is -0.453 e. The molecule has 0 aromatic heterocycles. The fourth-order valence-corrected chi connectivity index (χ4v) is 1.58. The summed E-state index contributed by atoms with van der Waals surface area (Å²) >= 11 is 0. The number of alkyl halides is 3. The Kier molecular flexibility index (Phi) is 4.39. The molecule has 21 heavy (non-hydrogen) atoms. The largest absolute Gasteiger partial charge is 0.573 e. The van der Waals surface area contributed by atoms with Crippen molar-refractivity contribution in [1.29, 1.82) is 0 Å². The fourth-order valence-electron chi connectivity index (χ4n) is 1.58. The number of halogens is 3. The predicted molar refractivity (Wildman–Crippen MR) is 69.5 cm³/mol. The Bertz CT molecular complexity index is 599. The fraction of sp³-hybridized carbons (Fsp3) is 0.0769. The SMILES string of the molecule is OB(O)c1ccc(Oc2ccccc2OC(F)(F)F)cc1. The van der Waals surface area contributed by atoms with Gasteiger partial charge in [-0.05, 0) is 29.7 Å². The number of benzene rings is 2. The average Bonchev–Trinajstić information content (AvgIpc) is 2.40. The molecule has 4 nitrogen and oxygen atoms in total. The van der Waals surface area contributed by atoms with E-state index in [0.717, 1.165) is 6.07 Å². The molecule has 110 valence electrons. The molecule has 0 aliphatic heterocycles. The first-order chi connectivity index (χ1) is 9.85. The molecule has 2 aromatic rings. The van der Waals surface area contributed by atoms with Crippen LogP contribution in [-0.4, -0.2) is 23.5 Å². The van der Waals surface area contributed by atoms with E-state index >= 15 is 0 Å². The van der Waals surface area contributed by atoms with Gasteiger partial charge >= 0.3 is 13.5 Å². The van der Waals surface area contributed by atoms with Crippen LogP contribution in [0.3, 0.4) is 0 Å². The molecule has 0 amide bonds. The summed E-state index contributed by atoms with van der Waals surface area (Å²) in [5, 5.41) is 17.9. The van der Waals surface area contributed by atoms with Gasteiger partial charge in [-0.25, -0.2) is 0 Å². The Hall–Kier alpha value is -2.19. The van der Waals surface area contributed by atoms with Crippen LogP contribution in [-0.2, 0) is 0 Å². The second-order valence-corrected chi connectivity index (χ2v) is 4.04. The molecule has 0 unspecified atom stereocenters. The van der Waals surface area contributed by atoms with Crippen molar-refractivity contribution in [3.05, 3.63) is 48.5 Å². The molecule has 0 saturated carbocycles. The van der Waals surface area contributed by atoms with E-state index in [1.165, 1.54) is 42.5 Å². The van der Waals surface area contributed by atoms with Crippen molar-refractivity contribution in [3.8, 4) is 17.2 Å². The molecule has 0 aliphatic rings. The zero-order valence-electron chi connectivity index (χ0n) is 10.5. The van der Waals surface area contributed by atoms with Crippen molar-refractivity contribution >= 4 is 12.6 Å². The van der Waals surface area contributed by atoms with Crippen LogP contribution in [0.4, 0.5) is 13.2 Å². The highest BCUT2D eigenvalue weighted by Crippen LogP contribution is 2.34. The van der Waals surface area contributed by atoms with Gasteiger partial charge in [-0.3, -0.25) is 0 Å². The zero-order valence-corrected chi connectivity index (χ0v) is 10.5. The molecule has 8 heteroatoms. The number of ether oxygens (including phenoxy) is 2. The lowest BCUT2D eigenvalue weighted by Crippen LogP contribution is -2.29. The van der Waals surface area contributed by atoms with E-state index < -0.39 is 19.2 Å². The van der Waals surface area contributed by atoms with E-state index in [2.05, 4.69) is 4.74 Å². The molecular formula is C13H10BF3O4. The predicted octanol–water partition coefficient (Wildman–Crippen LogP) is 2.06. The van der Waals surface area contributed by atoms with Gasteiger partial charge in [0, 0.05) is 0 Å². The molecule has 0 saturated heterocycles. The quantitative estimate of drug-likeness (QED) is 0.848. The molecule has 0 aliphatic carbocycles. The van der Waals surface area contributed by atoms with Crippen molar-refractivity contribution in [2.24, 2.45) is 0 Å². The van der Waals surface area contributed by atoms with E-state index in [1.54, 1.807) is 0 Å². The highest BCUT2D eigenvalue weighted by molar-refractivity contribution is 6.58. The molecule has 2 N–H and O–H groups in total. The topological polar surface area (TPSA) is 58.9 Å². The number of rotatable bonds is 4. The number of hydrogen-bond acceptors (Lipinski definition) is 4. The summed E-state index contributed by atoms with van der Waals surface area (Å²) in [5.74, 6) is -0.332. The monoisotopic (exact) mass is 298 g/mol. The molecule has 0 spiro atoms. The first-order valence-corrected chi connectivity index (χ1v) is 5.84. The van der Waals surface area contributed by atoms with Gasteiger partial charge in [-0.1, -0.05) is 24.3 Å². The number of hydrogen-bond donors (Lipinski definition) is 2. The smallest absolute Gasteiger partial charge is 0.453 e. The molecule has 0 bridgehead atoms. The summed E-state index contributed by atoms with van der Waals surface area (Å²) < 4.78 is 46.0. The summed E-state index contributed by atoms with van der Waals surface area (Å²) in [6, 6.07) is 10.9. The first-order valence-electron chi connectivity index (χ1n) is 5.84. The summed E-state index contributed by atoms with van der Waals surface area (Å²) in [7, 11) is -1.63. The lowest BCUT2D eigenvalue weighted by Gasteiger charge is -2.13. The molecule has 2 aromatic carbocycles. The Morgan fingerprint density at radius 2 is 1.43 bits per heavy atom. The number of para-hydroxylation sites is 2. The Morgan fingerprint density at radius 1 is 0.857 bits per heavy atom. The van der Waals surface area contributed by atoms with Gasteiger partial charge in [0.05, 0.1) is 0 Å². The van der Waals surface area contributed by atoms with Crippen molar-refractivity contribution in [2.75, 3.05) is 0 Å². The van der Waals surface area contributed by atoms with E-state index in [9.17, 15) is 13.2 Å². The van der Waals surface area contributed by atoms with Crippen LogP contribution in [0.25, 0.3) is 0 Å². The lowest BCUT2D eigenvalue weighted by molar-refractivity contribution is -0.275.